The van der Waals surface area contributed by atoms with Gasteiger partial charge in [-0.25, -0.2) is 15.0 Å². The molecule has 1 aliphatic rings. The Morgan fingerprint density at radius 1 is 1.26 bits per heavy atom. The van der Waals surface area contributed by atoms with E-state index >= 15 is 0 Å². The lowest BCUT2D eigenvalue weighted by Crippen LogP contribution is -2.36. The van der Waals surface area contributed by atoms with Crippen molar-refractivity contribution < 1.29 is 9.90 Å². The number of carbonyl (C=O) groups is 1. The normalized spacial score (nSPS) is 19.7. The van der Waals surface area contributed by atoms with Crippen molar-refractivity contribution in [1.82, 2.24) is 19.9 Å². The SMILES string of the molecule is CSc1nccc(-c2csc(-c3cccc([C@]4(O)CCN(C)C4=O)c3)n2)n1. The number of carbonyl (C=O) groups excluding carboxylic acids is 1. The van der Waals surface area contributed by atoms with Gasteiger partial charge in [-0.3, -0.25) is 4.79 Å². The number of likely N-dealkylation sites (N-methyl/N-ethyl adjacent to an activating group) is 1. The number of aromatic nitrogens is 3. The van der Waals surface area contributed by atoms with Gasteiger partial charge in [0.1, 0.15) is 10.7 Å². The molecule has 1 fully saturated rings. The van der Waals surface area contributed by atoms with Crippen LogP contribution in [0.1, 0.15) is 12.0 Å². The van der Waals surface area contributed by atoms with Crippen molar-refractivity contribution in [1.29, 1.82) is 0 Å². The predicted octanol–water partition coefficient (Wildman–Crippen LogP) is 3.04. The zero-order chi connectivity index (χ0) is 19.0. The molecule has 1 atom stereocenters. The zero-order valence-electron chi connectivity index (χ0n) is 14.9. The van der Waals surface area contributed by atoms with Gasteiger partial charge in [0, 0.05) is 37.2 Å². The number of thioether (sulfide) groups is 1. The standard InChI is InChI=1S/C19H18N4O2S2/c1-23-9-7-19(25,17(23)24)13-5-3-4-12(10-13)16-21-15(11-27-16)14-6-8-20-18(22-14)26-2/h3-6,8,10-11,25H,7,9H2,1-2H3/t19-/m1/s1. The van der Waals surface area contributed by atoms with Gasteiger partial charge >= 0.3 is 0 Å². The van der Waals surface area contributed by atoms with Crippen LogP contribution in [0.5, 0.6) is 0 Å². The van der Waals surface area contributed by atoms with Crippen molar-refractivity contribution in [3.05, 3.63) is 47.5 Å². The molecule has 0 radical (unpaired) electrons. The van der Waals surface area contributed by atoms with Crippen LogP contribution in [0.4, 0.5) is 0 Å². The quantitative estimate of drug-likeness (QED) is 0.538. The number of likely N-dealkylation sites (tertiary alicyclic amines) is 1. The number of nitrogens with zero attached hydrogens (tertiary/aromatic N) is 4. The first-order valence-corrected chi connectivity index (χ1v) is 10.5. The molecule has 6 nitrogen and oxygen atoms in total. The van der Waals surface area contributed by atoms with Crippen molar-refractivity contribution in [2.45, 2.75) is 17.2 Å². The lowest BCUT2D eigenvalue weighted by molar-refractivity contribution is -0.143. The smallest absolute Gasteiger partial charge is 0.258 e. The van der Waals surface area contributed by atoms with Gasteiger partial charge in [-0.1, -0.05) is 30.0 Å². The molecule has 4 rings (SSSR count). The van der Waals surface area contributed by atoms with E-state index in [4.69, 9.17) is 4.98 Å². The van der Waals surface area contributed by atoms with Crippen LogP contribution in [0, 0.1) is 0 Å². The molecule has 27 heavy (non-hydrogen) atoms. The molecule has 2 aromatic heterocycles. The van der Waals surface area contributed by atoms with E-state index in [0.717, 1.165) is 22.0 Å². The molecule has 0 unspecified atom stereocenters. The Morgan fingerprint density at radius 3 is 2.85 bits per heavy atom. The third-order valence-electron chi connectivity index (χ3n) is 4.68. The molecular weight excluding hydrogens is 380 g/mol. The second-order valence-electron chi connectivity index (χ2n) is 6.38. The van der Waals surface area contributed by atoms with E-state index in [9.17, 15) is 9.90 Å². The summed E-state index contributed by atoms with van der Waals surface area (Å²) in [7, 11) is 1.71. The molecule has 3 aromatic rings. The summed E-state index contributed by atoms with van der Waals surface area (Å²) in [6.07, 6.45) is 4.06. The van der Waals surface area contributed by atoms with Crippen LogP contribution in [0.2, 0.25) is 0 Å². The highest BCUT2D eigenvalue weighted by atomic mass is 32.2. The molecule has 8 heteroatoms. The average molecular weight is 399 g/mol. The Morgan fingerprint density at radius 2 is 2.11 bits per heavy atom. The van der Waals surface area contributed by atoms with Crippen molar-refractivity contribution in [3.63, 3.8) is 0 Å². The van der Waals surface area contributed by atoms with Gasteiger partial charge in [0.2, 0.25) is 0 Å². The summed E-state index contributed by atoms with van der Waals surface area (Å²) in [6, 6.07) is 9.28. The fourth-order valence-electron chi connectivity index (χ4n) is 3.14. The van der Waals surface area contributed by atoms with E-state index in [1.165, 1.54) is 23.1 Å². The Balaban J connectivity index is 1.67. The van der Waals surface area contributed by atoms with Crippen LogP contribution >= 0.6 is 23.1 Å². The van der Waals surface area contributed by atoms with Crippen molar-refractivity contribution >= 4 is 29.0 Å². The van der Waals surface area contributed by atoms with E-state index < -0.39 is 5.60 Å². The van der Waals surface area contributed by atoms with Crippen LogP contribution in [0.25, 0.3) is 22.0 Å². The van der Waals surface area contributed by atoms with Gasteiger partial charge in [0.15, 0.2) is 10.8 Å². The van der Waals surface area contributed by atoms with Crippen molar-refractivity contribution in [2.24, 2.45) is 0 Å². The highest BCUT2D eigenvalue weighted by Crippen LogP contribution is 2.36. The van der Waals surface area contributed by atoms with Crippen LogP contribution in [0.15, 0.2) is 47.1 Å². The van der Waals surface area contributed by atoms with Crippen LogP contribution in [0.3, 0.4) is 0 Å². The second kappa shape index (κ2) is 7.03. The summed E-state index contributed by atoms with van der Waals surface area (Å²) in [5.41, 5.74) is 1.59. The predicted molar refractivity (Wildman–Crippen MR) is 107 cm³/mol. The molecule has 0 spiro atoms. The molecule has 0 aliphatic carbocycles. The maximum Gasteiger partial charge on any atom is 0.258 e. The van der Waals surface area contributed by atoms with Crippen molar-refractivity contribution in [3.8, 4) is 22.0 Å². The highest BCUT2D eigenvalue weighted by Gasteiger charge is 2.45. The highest BCUT2D eigenvalue weighted by molar-refractivity contribution is 7.98. The first-order valence-electron chi connectivity index (χ1n) is 8.43. The number of benzene rings is 1. The Bertz CT molecular complexity index is 1010. The summed E-state index contributed by atoms with van der Waals surface area (Å²) >= 11 is 2.99. The summed E-state index contributed by atoms with van der Waals surface area (Å²) < 4.78 is 0. The third kappa shape index (κ3) is 3.24. The first kappa shape index (κ1) is 18.1. The molecule has 1 saturated heterocycles. The van der Waals surface area contributed by atoms with Crippen LogP contribution in [-0.2, 0) is 10.4 Å². The monoisotopic (exact) mass is 398 g/mol. The molecule has 0 bridgehead atoms. The Kier molecular flexibility index (Phi) is 4.71. The molecule has 3 heterocycles. The molecule has 1 N–H and O–H groups in total. The number of hydrogen-bond donors (Lipinski definition) is 1. The maximum absolute atomic E-state index is 12.4. The van der Waals surface area contributed by atoms with E-state index in [1.54, 1.807) is 24.2 Å². The van der Waals surface area contributed by atoms with Gasteiger partial charge < -0.3 is 10.0 Å². The van der Waals surface area contributed by atoms with Gasteiger partial charge in [-0.2, -0.15) is 0 Å². The minimum atomic E-state index is -1.45. The number of aliphatic hydroxyl groups is 1. The molecule has 1 aliphatic heterocycles. The molecule has 138 valence electrons. The lowest BCUT2D eigenvalue weighted by atomic mass is 9.91. The number of rotatable bonds is 4. The first-order chi connectivity index (χ1) is 13.0. The lowest BCUT2D eigenvalue weighted by Gasteiger charge is -2.21. The molecule has 1 amide bonds. The van der Waals surface area contributed by atoms with E-state index in [1.807, 2.05) is 35.9 Å². The summed E-state index contributed by atoms with van der Waals surface area (Å²) in [5.74, 6) is -0.259. The zero-order valence-corrected chi connectivity index (χ0v) is 16.5. The topological polar surface area (TPSA) is 79.2 Å². The van der Waals surface area contributed by atoms with Crippen LogP contribution in [-0.4, -0.2) is 50.7 Å². The largest absolute Gasteiger partial charge is 0.375 e. The van der Waals surface area contributed by atoms with E-state index in [-0.39, 0.29) is 5.91 Å². The summed E-state index contributed by atoms with van der Waals surface area (Å²) in [4.78, 5) is 27.3. The van der Waals surface area contributed by atoms with E-state index in [2.05, 4.69) is 9.97 Å². The maximum atomic E-state index is 12.4. The van der Waals surface area contributed by atoms with Gasteiger partial charge in [-0.15, -0.1) is 11.3 Å². The van der Waals surface area contributed by atoms with Gasteiger partial charge in [-0.05, 0) is 24.0 Å². The number of hydrogen-bond acceptors (Lipinski definition) is 7. The average Bonchev–Trinajstić information content (AvgIpc) is 3.30. The molecule has 1 aromatic carbocycles. The molecular formula is C19H18N4O2S2. The Hall–Kier alpha value is -2.29. The third-order valence-corrected chi connectivity index (χ3v) is 6.13. The van der Waals surface area contributed by atoms with Crippen LogP contribution < -0.4 is 0 Å². The summed E-state index contributed by atoms with van der Waals surface area (Å²) in [6.45, 7) is 0.548. The fourth-order valence-corrected chi connectivity index (χ4v) is 4.30. The number of thiazole rings is 1. The fraction of sp³-hybridized carbons (Fsp3) is 0.263. The Labute approximate surface area is 165 Å². The molecule has 0 saturated carbocycles. The number of amides is 1. The minimum Gasteiger partial charge on any atom is -0.375 e. The van der Waals surface area contributed by atoms with Crippen molar-refractivity contribution in [2.75, 3.05) is 19.8 Å². The van der Waals surface area contributed by atoms with Gasteiger partial charge in [0.05, 0.1) is 5.69 Å². The van der Waals surface area contributed by atoms with E-state index in [0.29, 0.717) is 23.7 Å². The second-order valence-corrected chi connectivity index (χ2v) is 8.02. The summed E-state index contributed by atoms with van der Waals surface area (Å²) in [5, 5.41) is 14.4. The minimum absolute atomic E-state index is 0.259. The van der Waals surface area contributed by atoms with Gasteiger partial charge in [0.25, 0.3) is 5.91 Å².